The molecule has 0 radical (unpaired) electrons. The summed E-state index contributed by atoms with van der Waals surface area (Å²) in [5.41, 5.74) is -0.157. The summed E-state index contributed by atoms with van der Waals surface area (Å²) in [5.74, 6) is -0.597. The van der Waals surface area contributed by atoms with Gasteiger partial charge in [-0.2, -0.15) is 0 Å². The molecule has 0 aromatic carbocycles. The van der Waals surface area contributed by atoms with Crippen LogP contribution in [0.4, 0.5) is 0 Å². The van der Waals surface area contributed by atoms with Crippen molar-refractivity contribution in [3.63, 3.8) is 0 Å². The van der Waals surface area contributed by atoms with Crippen LogP contribution in [0.2, 0.25) is 0 Å². The first kappa shape index (κ1) is 10.2. The maximum atomic E-state index is 11.4. The van der Waals surface area contributed by atoms with Crippen molar-refractivity contribution in [2.45, 2.75) is 33.6 Å². The van der Waals surface area contributed by atoms with Crippen LogP contribution in [0.3, 0.4) is 0 Å². The lowest BCUT2D eigenvalue weighted by atomic mass is 9.75. The second-order valence-electron chi connectivity index (χ2n) is 4.51. The number of ketones is 1. The van der Waals surface area contributed by atoms with Crippen molar-refractivity contribution in [1.29, 1.82) is 0 Å². The van der Waals surface area contributed by atoms with E-state index in [0.717, 1.165) is 0 Å². The van der Waals surface area contributed by atoms with E-state index < -0.39 is 5.97 Å². The second-order valence-corrected chi connectivity index (χ2v) is 4.51. The number of carbonyl (C=O) groups excluding carboxylic acids is 1. The predicted molar refractivity (Wildman–Crippen MR) is 48.3 cm³/mol. The summed E-state index contributed by atoms with van der Waals surface area (Å²) in [5, 5.41) is 8.67. The summed E-state index contributed by atoms with van der Waals surface area (Å²) in [6, 6.07) is 0. The molecule has 0 aromatic heterocycles. The van der Waals surface area contributed by atoms with Crippen LogP contribution in [0, 0.1) is 17.3 Å². The van der Waals surface area contributed by atoms with E-state index in [1.165, 1.54) is 0 Å². The number of hydrogen-bond donors (Lipinski definition) is 1. The highest BCUT2D eigenvalue weighted by Crippen LogP contribution is 2.46. The second kappa shape index (κ2) is 3.13. The van der Waals surface area contributed by atoms with E-state index in [1.54, 1.807) is 0 Å². The highest BCUT2D eigenvalue weighted by atomic mass is 16.4. The third-order valence-electron chi connectivity index (χ3n) is 3.52. The van der Waals surface area contributed by atoms with Crippen molar-refractivity contribution in [3.8, 4) is 0 Å². The number of carboxylic acids is 1. The summed E-state index contributed by atoms with van der Waals surface area (Å²) in [6.45, 7) is 5.86. The Bertz CT molecular complexity index is 241. The van der Waals surface area contributed by atoms with Gasteiger partial charge >= 0.3 is 5.97 Å². The van der Waals surface area contributed by atoms with Crippen LogP contribution >= 0.6 is 0 Å². The molecule has 0 spiro atoms. The fourth-order valence-electron chi connectivity index (χ4n) is 2.00. The van der Waals surface area contributed by atoms with Crippen LogP contribution in [-0.4, -0.2) is 16.9 Å². The molecule has 13 heavy (non-hydrogen) atoms. The zero-order chi connectivity index (χ0) is 10.2. The van der Waals surface area contributed by atoms with Gasteiger partial charge in [-0.15, -0.1) is 0 Å². The minimum atomic E-state index is -0.806. The smallest absolute Gasteiger partial charge is 0.303 e. The molecule has 0 amide bonds. The molecule has 1 aliphatic carbocycles. The Hall–Kier alpha value is -0.860. The van der Waals surface area contributed by atoms with Gasteiger partial charge in [-0.25, -0.2) is 0 Å². The number of carbonyl (C=O) groups is 2. The SMILES string of the molecule is CC1C(=O)CC(CC(=O)O)C1(C)C. The number of Topliss-reactive ketones (excluding diaryl/α,β-unsaturated/α-hetero) is 1. The van der Waals surface area contributed by atoms with Gasteiger partial charge in [0.25, 0.3) is 0 Å². The van der Waals surface area contributed by atoms with E-state index >= 15 is 0 Å². The molecule has 1 rings (SSSR count). The molecule has 74 valence electrons. The molecule has 0 aliphatic heterocycles. The minimum Gasteiger partial charge on any atom is -0.481 e. The Labute approximate surface area is 78.1 Å². The monoisotopic (exact) mass is 184 g/mol. The third kappa shape index (κ3) is 1.74. The summed E-state index contributed by atoms with van der Waals surface area (Å²) < 4.78 is 0. The molecular formula is C10H16O3. The van der Waals surface area contributed by atoms with E-state index in [4.69, 9.17) is 5.11 Å². The average Bonchev–Trinajstić information content (AvgIpc) is 2.15. The predicted octanol–water partition coefficient (Wildman–Crippen LogP) is 1.71. The van der Waals surface area contributed by atoms with Crippen LogP contribution < -0.4 is 0 Å². The zero-order valence-electron chi connectivity index (χ0n) is 8.33. The van der Waals surface area contributed by atoms with Crippen molar-refractivity contribution < 1.29 is 14.7 Å². The fourth-order valence-corrected chi connectivity index (χ4v) is 2.00. The number of carboxylic acid groups (broad SMARTS) is 1. The van der Waals surface area contributed by atoms with Crippen LogP contribution in [-0.2, 0) is 9.59 Å². The summed E-state index contributed by atoms with van der Waals surface area (Å²) in [7, 11) is 0. The number of hydrogen-bond acceptors (Lipinski definition) is 2. The molecule has 0 saturated heterocycles. The first-order valence-electron chi connectivity index (χ1n) is 4.60. The Kier molecular flexibility index (Phi) is 2.46. The summed E-state index contributed by atoms with van der Waals surface area (Å²) >= 11 is 0. The Morgan fingerprint density at radius 3 is 2.46 bits per heavy atom. The highest BCUT2D eigenvalue weighted by Gasteiger charge is 2.46. The molecule has 0 bridgehead atoms. The molecule has 2 atom stereocenters. The normalized spacial score (nSPS) is 32.1. The van der Waals surface area contributed by atoms with E-state index in [0.29, 0.717) is 6.42 Å². The Morgan fingerprint density at radius 2 is 2.15 bits per heavy atom. The molecule has 1 aliphatic rings. The first-order chi connectivity index (χ1) is 5.85. The zero-order valence-corrected chi connectivity index (χ0v) is 8.33. The standard InChI is InChI=1S/C10H16O3/c1-6-8(11)4-7(5-9(12)13)10(6,2)3/h6-7H,4-5H2,1-3H3,(H,12,13). The minimum absolute atomic E-state index is 0.00292. The van der Waals surface area contributed by atoms with Crippen LogP contribution in [0.15, 0.2) is 0 Å². The number of aliphatic carboxylic acids is 1. The van der Waals surface area contributed by atoms with Gasteiger partial charge in [0.15, 0.2) is 0 Å². The lowest BCUT2D eigenvalue weighted by molar-refractivity contribution is -0.139. The van der Waals surface area contributed by atoms with Crippen molar-refractivity contribution in [3.05, 3.63) is 0 Å². The van der Waals surface area contributed by atoms with Crippen LogP contribution in [0.5, 0.6) is 0 Å². The van der Waals surface area contributed by atoms with Gasteiger partial charge in [0.05, 0.1) is 0 Å². The molecular weight excluding hydrogens is 168 g/mol. The largest absolute Gasteiger partial charge is 0.481 e. The molecule has 3 heteroatoms. The van der Waals surface area contributed by atoms with Gasteiger partial charge in [0, 0.05) is 18.8 Å². The Morgan fingerprint density at radius 1 is 1.62 bits per heavy atom. The molecule has 3 nitrogen and oxygen atoms in total. The molecule has 0 aromatic rings. The third-order valence-corrected chi connectivity index (χ3v) is 3.52. The molecule has 2 unspecified atom stereocenters. The van der Waals surface area contributed by atoms with Crippen molar-refractivity contribution >= 4 is 11.8 Å². The van der Waals surface area contributed by atoms with E-state index in [1.807, 2.05) is 20.8 Å². The maximum absolute atomic E-state index is 11.4. The first-order valence-corrected chi connectivity index (χ1v) is 4.60. The summed E-state index contributed by atoms with van der Waals surface area (Å²) in [6.07, 6.45) is 0.545. The van der Waals surface area contributed by atoms with E-state index in [-0.39, 0.29) is 29.5 Å². The fraction of sp³-hybridized carbons (Fsp3) is 0.800. The van der Waals surface area contributed by atoms with Gasteiger partial charge in [-0.1, -0.05) is 20.8 Å². The topological polar surface area (TPSA) is 54.4 Å². The molecule has 1 saturated carbocycles. The van der Waals surface area contributed by atoms with Crippen LogP contribution in [0.25, 0.3) is 0 Å². The van der Waals surface area contributed by atoms with Crippen molar-refractivity contribution in [2.24, 2.45) is 17.3 Å². The lowest BCUT2D eigenvalue weighted by Gasteiger charge is -2.28. The molecule has 1 fully saturated rings. The van der Waals surface area contributed by atoms with Gasteiger partial charge in [-0.05, 0) is 11.3 Å². The van der Waals surface area contributed by atoms with Gasteiger partial charge in [0.1, 0.15) is 5.78 Å². The van der Waals surface area contributed by atoms with Gasteiger partial charge in [-0.3, -0.25) is 9.59 Å². The van der Waals surface area contributed by atoms with Gasteiger partial charge < -0.3 is 5.11 Å². The Balaban J connectivity index is 2.78. The highest BCUT2D eigenvalue weighted by molar-refractivity contribution is 5.85. The molecule has 0 heterocycles. The van der Waals surface area contributed by atoms with E-state index in [2.05, 4.69) is 0 Å². The quantitative estimate of drug-likeness (QED) is 0.710. The van der Waals surface area contributed by atoms with E-state index in [9.17, 15) is 9.59 Å². The number of rotatable bonds is 2. The maximum Gasteiger partial charge on any atom is 0.303 e. The van der Waals surface area contributed by atoms with Crippen molar-refractivity contribution in [1.82, 2.24) is 0 Å². The molecule has 1 N–H and O–H groups in total. The average molecular weight is 184 g/mol. The lowest BCUT2D eigenvalue weighted by Crippen LogP contribution is -2.26. The van der Waals surface area contributed by atoms with Crippen LogP contribution in [0.1, 0.15) is 33.6 Å². The van der Waals surface area contributed by atoms with Crippen molar-refractivity contribution in [2.75, 3.05) is 0 Å². The van der Waals surface area contributed by atoms with Gasteiger partial charge in [0.2, 0.25) is 0 Å². The summed E-state index contributed by atoms with van der Waals surface area (Å²) in [4.78, 5) is 21.9.